The number of hydrogen-bond donors (Lipinski definition) is 1. The van der Waals surface area contributed by atoms with Crippen molar-refractivity contribution in [3.8, 4) is 0 Å². The van der Waals surface area contributed by atoms with Crippen LogP contribution in [-0.4, -0.2) is 50.2 Å². The third-order valence-electron chi connectivity index (χ3n) is 3.44. The van der Waals surface area contributed by atoms with Crippen LogP contribution in [0.5, 0.6) is 0 Å². The van der Waals surface area contributed by atoms with Crippen LogP contribution >= 0.6 is 0 Å². The number of aryl methyl sites for hydroxylation is 1. The highest BCUT2D eigenvalue weighted by Gasteiger charge is 2.19. The van der Waals surface area contributed by atoms with Crippen molar-refractivity contribution in [3.05, 3.63) is 35.4 Å². The second kappa shape index (κ2) is 6.68. The summed E-state index contributed by atoms with van der Waals surface area (Å²) in [6.45, 7) is 5.16. The third-order valence-corrected chi connectivity index (χ3v) is 3.44. The zero-order chi connectivity index (χ0) is 13.7. The average molecular weight is 262 g/mol. The number of amides is 1. The molecule has 1 fully saturated rings. The molecule has 1 aliphatic heterocycles. The zero-order valence-corrected chi connectivity index (χ0v) is 11.7. The zero-order valence-electron chi connectivity index (χ0n) is 11.7. The molecule has 1 aromatic carbocycles. The van der Waals surface area contributed by atoms with Crippen LogP contribution in [-0.2, 0) is 11.2 Å². The van der Waals surface area contributed by atoms with E-state index in [1.54, 1.807) is 4.90 Å². The monoisotopic (exact) mass is 262 g/mol. The van der Waals surface area contributed by atoms with Gasteiger partial charge in [-0.1, -0.05) is 19.1 Å². The molecule has 0 spiro atoms. The van der Waals surface area contributed by atoms with Crippen LogP contribution in [0.3, 0.4) is 0 Å². The van der Waals surface area contributed by atoms with Crippen LogP contribution in [0.4, 0.5) is 0 Å². The van der Waals surface area contributed by atoms with Crippen LogP contribution in [0.1, 0.15) is 22.8 Å². The lowest BCUT2D eigenvalue weighted by Gasteiger charge is -2.28. The Hall–Kier alpha value is -1.39. The minimum Gasteiger partial charge on any atom is -0.374 e. The van der Waals surface area contributed by atoms with Crippen LogP contribution in [0.25, 0.3) is 0 Å². The number of nitrogens with zero attached hydrogens (tertiary/aromatic N) is 1. The van der Waals surface area contributed by atoms with Crippen molar-refractivity contribution in [2.75, 3.05) is 33.3 Å². The minimum absolute atomic E-state index is 0.0526. The summed E-state index contributed by atoms with van der Waals surface area (Å²) in [4.78, 5) is 14.0. The molecule has 1 unspecified atom stereocenters. The lowest BCUT2D eigenvalue weighted by molar-refractivity contribution is 0.0104. The normalized spacial score (nSPS) is 19.2. The molecule has 0 aromatic heterocycles. The fourth-order valence-corrected chi connectivity index (χ4v) is 2.23. The van der Waals surface area contributed by atoms with E-state index < -0.39 is 0 Å². The van der Waals surface area contributed by atoms with Crippen LogP contribution in [0.15, 0.2) is 24.3 Å². The van der Waals surface area contributed by atoms with Crippen molar-refractivity contribution in [2.45, 2.75) is 19.4 Å². The van der Waals surface area contributed by atoms with Crippen molar-refractivity contribution >= 4 is 5.91 Å². The summed E-state index contributed by atoms with van der Waals surface area (Å²) in [5, 5.41) is 3.27. The lowest BCUT2D eigenvalue weighted by Crippen LogP contribution is -2.45. The number of likely N-dealkylation sites (N-methyl/N-ethyl adjacent to an activating group) is 1. The SMILES string of the molecule is CCc1ccc(C(=O)N(C)CC2CNCCO2)cc1. The van der Waals surface area contributed by atoms with E-state index in [4.69, 9.17) is 4.74 Å². The van der Waals surface area contributed by atoms with Crippen molar-refractivity contribution in [2.24, 2.45) is 0 Å². The molecule has 0 aliphatic carbocycles. The molecule has 0 bridgehead atoms. The Morgan fingerprint density at radius 3 is 2.74 bits per heavy atom. The van der Waals surface area contributed by atoms with Gasteiger partial charge >= 0.3 is 0 Å². The number of rotatable bonds is 4. The molecular formula is C15H22N2O2. The number of hydrogen-bond acceptors (Lipinski definition) is 3. The van der Waals surface area contributed by atoms with E-state index in [1.807, 2.05) is 31.3 Å². The van der Waals surface area contributed by atoms with E-state index in [2.05, 4.69) is 12.2 Å². The number of benzene rings is 1. The second-order valence-corrected chi connectivity index (χ2v) is 4.93. The van der Waals surface area contributed by atoms with E-state index in [1.165, 1.54) is 5.56 Å². The first-order valence-corrected chi connectivity index (χ1v) is 6.87. The largest absolute Gasteiger partial charge is 0.374 e. The molecule has 1 aliphatic rings. The van der Waals surface area contributed by atoms with Gasteiger partial charge in [0, 0.05) is 32.2 Å². The molecule has 1 heterocycles. The van der Waals surface area contributed by atoms with Crippen LogP contribution in [0, 0.1) is 0 Å². The first-order chi connectivity index (χ1) is 9.20. The number of ether oxygens (including phenoxy) is 1. The summed E-state index contributed by atoms with van der Waals surface area (Å²) in [5.41, 5.74) is 1.99. The molecule has 104 valence electrons. The second-order valence-electron chi connectivity index (χ2n) is 4.93. The van der Waals surface area contributed by atoms with Gasteiger partial charge < -0.3 is 15.0 Å². The number of morpholine rings is 1. The molecule has 4 heteroatoms. The smallest absolute Gasteiger partial charge is 0.253 e. The topological polar surface area (TPSA) is 41.6 Å². The van der Waals surface area contributed by atoms with Gasteiger partial charge in [0.25, 0.3) is 5.91 Å². The maximum Gasteiger partial charge on any atom is 0.253 e. The molecule has 1 aromatic rings. The Morgan fingerprint density at radius 2 is 2.16 bits per heavy atom. The highest BCUT2D eigenvalue weighted by atomic mass is 16.5. The quantitative estimate of drug-likeness (QED) is 0.889. The van der Waals surface area contributed by atoms with Crippen molar-refractivity contribution in [3.63, 3.8) is 0 Å². The average Bonchev–Trinajstić information content (AvgIpc) is 2.47. The molecule has 2 rings (SSSR count). The number of carbonyl (C=O) groups is 1. The Kier molecular flexibility index (Phi) is 4.93. The summed E-state index contributed by atoms with van der Waals surface area (Å²) < 4.78 is 5.61. The van der Waals surface area contributed by atoms with Gasteiger partial charge in [-0.15, -0.1) is 0 Å². The maximum absolute atomic E-state index is 12.3. The summed E-state index contributed by atoms with van der Waals surface area (Å²) in [6, 6.07) is 7.83. The molecule has 1 atom stereocenters. The summed E-state index contributed by atoms with van der Waals surface area (Å²) in [5.74, 6) is 0.0526. The van der Waals surface area contributed by atoms with E-state index in [-0.39, 0.29) is 12.0 Å². The van der Waals surface area contributed by atoms with Gasteiger partial charge in [0.15, 0.2) is 0 Å². The first kappa shape index (κ1) is 14.0. The molecule has 19 heavy (non-hydrogen) atoms. The minimum atomic E-state index is 0.0526. The van der Waals surface area contributed by atoms with E-state index in [0.29, 0.717) is 6.54 Å². The fourth-order valence-electron chi connectivity index (χ4n) is 2.23. The van der Waals surface area contributed by atoms with Crippen LogP contribution in [0.2, 0.25) is 0 Å². The predicted molar refractivity (Wildman–Crippen MR) is 75.4 cm³/mol. The van der Waals surface area contributed by atoms with E-state index >= 15 is 0 Å². The molecule has 1 saturated heterocycles. The Morgan fingerprint density at radius 1 is 1.42 bits per heavy atom. The highest BCUT2D eigenvalue weighted by Crippen LogP contribution is 2.09. The molecular weight excluding hydrogens is 240 g/mol. The Bertz CT molecular complexity index is 411. The van der Waals surface area contributed by atoms with Gasteiger partial charge in [0.1, 0.15) is 0 Å². The number of nitrogens with one attached hydrogen (secondary N) is 1. The first-order valence-electron chi connectivity index (χ1n) is 6.87. The van der Waals surface area contributed by atoms with E-state index in [9.17, 15) is 4.79 Å². The van der Waals surface area contributed by atoms with Crippen molar-refractivity contribution < 1.29 is 9.53 Å². The molecule has 1 N–H and O–H groups in total. The van der Waals surface area contributed by atoms with Gasteiger partial charge in [0.05, 0.1) is 12.7 Å². The highest BCUT2D eigenvalue weighted by molar-refractivity contribution is 5.94. The predicted octanol–water partition coefficient (Wildman–Crippen LogP) is 1.31. The van der Waals surface area contributed by atoms with Gasteiger partial charge in [-0.2, -0.15) is 0 Å². The van der Waals surface area contributed by atoms with Gasteiger partial charge in [-0.05, 0) is 24.1 Å². The Balaban J connectivity index is 1.93. The van der Waals surface area contributed by atoms with Crippen LogP contribution < -0.4 is 5.32 Å². The summed E-state index contributed by atoms with van der Waals surface area (Å²) >= 11 is 0. The standard InChI is InChI=1S/C15H22N2O2/c1-3-12-4-6-13(7-5-12)15(18)17(2)11-14-10-16-8-9-19-14/h4-7,14,16H,3,8-11H2,1-2H3. The van der Waals surface area contributed by atoms with Gasteiger partial charge in [-0.25, -0.2) is 0 Å². The summed E-state index contributed by atoms with van der Waals surface area (Å²) in [7, 11) is 1.83. The van der Waals surface area contributed by atoms with Crippen molar-refractivity contribution in [1.82, 2.24) is 10.2 Å². The number of carbonyl (C=O) groups excluding carboxylic acids is 1. The van der Waals surface area contributed by atoms with Gasteiger partial charge in [0.2, 0.25) is 0 Å². The molecule has 0 radical (unpaired) electrons. The third kappa shape index (κ3) is 3.78. The molecule has 4 nitrogen and oxygen atoms in total. The Labute approximate surface area is 114 Å². The fraction of sp³-hybridized carbons (Fsp3) is 0.533. The molecule has 0 saturated carbocycles. The van der Waals surface area contributed by atoms with Crippen molar-refractivity contribution in [1.29, 1.82) is 0 Å². The van der Waals surface area contributed by atoms with E-state index in [0.717, 1.165) is 31.7 Å². The van der Waals surface area contributed by atoms with Gasteiger partial charge in [-0.3, -0.25) is 4.79 Å². The lowest BCUT2D eigenvalue weighted by atomic mass is 10.1. The maximum atomic E-state index is 12.3. The molecule has 1 amide bonds. The summed E-state index contributed by atoms with van der Waals surface area (Å²) in [6.07, 6.45) is 1.09.